The minimum atomic E-state index is -4.46. The van der Waals surface area contributed by atoms with Gasteiger partial charge in [-0.3, -0.25) is 9.36 Å². The van der Waals surface area contributed by atoms with Gasteiger partial charge in [0.1, 0.15) is 16.9 Å². The third kappa shape index (κ3) is 5.08. The fourth-order valence-corrected chi connectivity index (χ4v) is 4.15. The van der Waals surface area contributed by atoms with Crippen LogP contribution in [0.25, 0.3) is 27.9 Å². The van der Waals surface area contributed by atoms with Gasteiger partial charge in [-0.15, -0.1) is 0 Å². The molecule has 0 aliphatic rings. The minimum Gasteiger partial charge on any atom is -0.384 e. The zero-order valence-electron chi connectivity index (χ0n) is 19.9. The Morgan fingerprint density at radius 3 is 2.23 bits per heavy atom. The number of benzene rings is 2. The molecule has 2 aromatic heterocycles. The SMILES string of the molecule is CC(C)CCC[C@H](C)NC(=O)c1c(N)n(-c2ccc(C(F)(F)F)cc2)c2nc3ccccc3nc12. The lowest BCUT2D eigenvalue weighted by atomic mass is 10.0. The van der Waals surface area contributed by atoms with Gasteiger partial charge in [-0.05, 0) is 55.7 Å². The van der Waals surface area contributed by atoms with Gasteiger partial charge in [0.05, 0.1) is 16.6 Å². The number of nitrogen functional groups attached to an aromatic ring is 1. The summed E-state index contributed by atoms with van der Waals surface area (Å²) >= 11 is 0. The number of anilines is 1. The van der Waals surface area contributed by atoms with Gasteiger partial charge in [-0.2, -0.15) is 13.2 Å². The van der Waals surface area contributed by atoms with E-state index in [1.54, 1.807) is 12.1 Å². The molecule has 9 heteroatoms. The second kappa shape index (κ2) is 9.56. The van der Waals surface area contributed by atoms with E-state index in [0.29, 0.717) is 33.8 Å². The van der Waals surface area contributed by atoms with Crippen molar-refractivity contribution >= 4 is 33.9 Å². The van der Waals surface area contributed by atoms with Gasteiger partial charge in [0.2, 0.25) is 0 Å². The molecule has 0 radical (unpaired) electrons. The standard InChI is InChI=1S/C26H28F3N5O/c1-15(2)7-6-8-16(3)31-25(35)21-22-24(33-20-10-5-4-9-19(20)32-22)34(23(21)30)18-13-11-17(12-14-18)26(27,28)29/h4-5,9-16H,6-8,30H2,1-3H3,(H,31,35)/t16-/m0/s1. The fraction of sp³-hybridized carbons (Fsp3) is 0.346. The highest BCUT2D eigenvalue weighted by Crippen LogP contribution is 2.33. The zero-order chi connectivity index (χ0) is 25.3. The number of fused-ring (bicyclic) bond motifs is 2. The second-order valence-electron chi connectivity index (χ2n) is 9.22. The number of carbonyl (C=O) groups is 1. The Morgan fingerprint density at radius 1 is 1.00 bits per heavy atom. The van der Waals surface area contributed by atoms with Crippen molar-refractivity contribution in [3.8, 4) is 5.69 Å². The van der Waals surface area contributed by atoms with E-state index in [2.05, 4.69) is 29.1 Å². The van der Waals surface area contributed by atoms with Crippen LogP contribution in [-0.4, -0.2) is 26.5 Å². The summed E-state index contributed by atoms with van der Waals surface area (Å²) in [4.78, 5) is 22.6. The van der Waals surface area contributed by atoms with Gasteiger partial charge in [-0.1, -0.05) is 38.8 Å². The predicted molar refractivity (Wildman–Crippen MR) is 131 cm³/mol. The summed E-state index contributed by atoms with van der Waals surface area (Å²) in [6.07, 6.45) is -1.61. The largest absolute Gasteiger partial charge is 0.416 e. The van der Waals surface area contributed by atoms with Crippen LogP contribution in [0.2, 0.25) is 0 Å². The highest BCUT2D eigenvalue weighted by molar-refractivity contribution is 6.11. The van der Waals surface area contributed by atoms with Crippen molar-refractivity contribution < 1.29 is 18.0 Å². The third-order valence-electron chi connectivity index (χ3n) is 5.97. The number of amides is 1. The van der Waals surface area contributed by atoms with Crippen molar-refractivity contribution in [1.82, 2.24) is 19.9 Å². The number of nitrogens with two attached hydrogens (primary N) is 1. The Labute approximate surface area is 201 Å². The molecule has 0 aliphatic carbocycles. The monoisotopic (exact) mass is 483 g/mol. The normalized spacial score (nSPS) is 13.0. The van der Waals surface area contributed by atoms with Crippen LogP contribution in [0.5, 0.6) is 0 Å². The number of hydrogen-bond donors (Lipinski definition) is 2. The Balaban J connectivity index is 1.79. The van der Waals surface area contributed by atoms with E-state index < -0.39 is 11.7 Å². The zero-order valence-corrected chi connectivity index (χ0v) is 19.9. The molecule has 184 valence electrons. The van der Waals surface area contributed by atoms with Crippen molar-refractivity contribution in [3.63, 3.8) is 0 Å². The van der Waals surface area contributed by atoms with Crippen molar-refractivity contribution in [2.45, 2.75) is 52.3 Å². The van der Waals surface area contributed by atoms with E-state index in [9.17, 15) is 18.0 Å². The van der Waals surface area contributed by atoms with E-state index in [4.69, 9.17) is 5.73 Å². The molecule has 0 unspecified atom stereocenters. The lowest BCUT2D eigenvalue weighted by molar-refractivity contribution is -0.137. The maximum Gasteiger partial charge on any atom is 0.416 e. The van der Waals surface area contributed by atoms with E-state index in [0.717, 1.165) is 31.4 Å². The summed E-state index contributed by atoms with van der Waals surface area (Å²) < 4.78 is 40.7. The molecule has 6 nitrogen and oxygen atoms in total. The topological polar surface area (TPSA) is 85.8 Å². The number of nitrogens with zero attached hydrogens (tertiary/aromatic N) is 3. The molecular weight excluding hydrogens is 455 g/mol. The third-order valence-corrected chi connectivity index (χ3v) is 5.97. The Morgan fingerprint density at radius 2 is 1.63 bits per heavy atom. The minimum absolute atomic E-state index is 0.0712. The summed E-state index contributed by atoms with van der Waals surface area (Å²) in [7, 11) is 0. The molecule has 0 saturated carbocycles. The number of alkyl halides is 3. The lowest BCUT2D eigenvalue weighted by Crippen LogP contribution is -2.33. The molecule has 0 aliphatic heterocycles. The van der Waals surface area contributed by atoms with Crippen LogP contribution in [0, 0.1) is 5.92 Å². The molecule has 4 rings (SSSR count). The van der Waals surface area contributed by atoms with Gasteiger partial charge in [0.25, 0.3) is 5.91 Å². The number of carbonyl (C=O) groups excluding carboxylic acids is 1. The molecular formula is C26H28F3N5O. The Hall–Kier alpha value is -3.62. The summed E-state index contributed by atoms with van der Waals surface area (Å²) in [5.74, 6) is 0.264. The number of nitrogens with one attached hydrogen (secondary N) is 1. The number of hydrogen-bond acceptors (Lipinski definition) is 4. The number of aromatic nitrogens is 3. The molecule has 1 atom stereocenters. The Bertz CT molecular complexity index is 1360. The Kier molecular flexibility index (Phi) is 6.69. The van der Waals surface area contributed by atoms with Gasteiger partial charge in [0.15, 0.2) is 5.65 Å². The summed E-state index contributed by atoms with van der Waals surface area (Å²) in [6.45, 7) is 6.25. The predicted octanol–water partition coefficient (Wildman–Crippen LogP) is 6.12. The fourth-order valence-electron chi connectivity index (χ4n) is 4.15. The molecule has 3 N–H and O–H groups in total. The van der Waals surface area contributed by atoms with Gasteiger partial charge in [-0.25, -0.2) is 9.97 Å². The van der Waals surface area contributed by atoms with E-state index >= 15 is 0 Å². The highest BCUT2D eigenvalue weighted by Gasteiger charge is 2.31. The van der Waals surface area contributed by atoms with Crippen LogP contribution in [0.1, 0.15) is 56.0 Å². The first-order valence-electron chi connectivity index (χ1n) is 11.6. The molecule has 1 amide bonds. The van der Waals surface area contributed by atoms with Gasteiger partial charge in [0, 0.05) is 11.7 Å². The molecule has 35 heavy (non-hydrogen) atoms. The van der Waals surface area contributed by atoms with Gasteiger partial charge >= 0.3 is 6.18 Å². The van der Waals surface area contributed by atoms with Crippen LogP contribution in [-0.2, 0) is 6.18 Å². The second-order valence-corrected chi connectivity index (χ2v) is 9.22. The molecule has 2 aromatic carbocycles. The highest BCUT2D eigenvalue weighted by atomic mass is 19.4. The lowest BCUT2D eigenvalue weighted by Gasteiger charge is -2.15. The molecule has 4 aromatic rings. The van der Waals surface area contributed by atoms with E-state index in [1.165, 1.54) is 16.7 Å². The van der Waals surface area contributed by atoms with Crippen molar-refractivity contribution in [2.75, 3.05) is 5.73 Å². The number of rotatable bonds is 7. The summed E-state index contributed by atoms with van der Waals surface area (Å²) in [6, 6.07) is 11.7. The van der Waals surface area contributed by atoms with Crippen LogP contribution in [0.4, 0.5) is 19.0 Å². The average molecular weight is 484 g/mol. The molecule has 0 fully saturated rings. The quantitative estimate of drug-likeness (QED) is 0.332. The van der Waals surface area contributed by atoms with Crippen molar-refractivity contribution in [1.29, 1.82) is 0 Å². The van der Waals surface area contributed by atoms with Crippen LogP contribution in [0.15, 0.2) is 48.5 Å². The summed E-state index contributed by atoms with van der Waals surface area (Å²) in [5.41, 5.74) is 7.96. The van der Waals surface area contributed by atoms with Crippen LogP contribution >= 0.6 is 0 Å². The molecule has 2 heterocycles. The van der Waals surface area contributed by atoms with E-state index in [-0.39, 0.29) is 23.3 Å². The van der Waals surface area contributed by atoms with Crippen molar-refractivity contribution in [2.24, 2.45) is 5.92 Å². The maximum absolute atomic E-state index is 13.3. The first-order valence-corrected chi connectivity index (χ1v) is 11.6. The first-order chi connectivity index (χ1) is 16.6. The average Bonchev–Trinajstić information content (AvgIpc) is 3.07. The number of para-hydroxylation sites is 2. The van der Waals surface area contributed by atoms with Crippen LogP contribution < -0.4 is 11.1 Å². The smallest absolute Gasteiger partial charge is 0.384 e. The number of halogens is 3. The summed E-state index contributed by atoms with van der Waals surface area (Å²) in [5, 5.41) is 3.00. The van der Waals surface area contributed by atoms with Gasteiger partial charge < -0.3 is 11.1 Å². The van der Waals surface area contributed by atoms with Crippen molar-refractivity contribution in [3.05, 3.63) is 59.7 Å². The van der Waals surface area contributed by atoms with Crippen LogP contribution in [0.3, 0.4) is 0 Å². The molecule has 0 saturated heterocycles. The first kappa shape index (κ1) is 24.5. The molecule has 0 spiro atoms. The maximum atomic E-state index is 13.3. The van der Waals surface area contributed by atoms with E-state index in [1.807, 2.05) is 19.1 Å². The molecule has 0 bridgehead atoms.